The minimum Gasteiger partial charge on any atom is -0.335 e. The van der Waals surface area contributed by atoms with Gasteiger partial charge < -0.3 is 16.4 Å². The van der Waals surface area contributed by atoms with Crippen molar-refractivity contribution in [2.75, 3.05) is 5.32 Å². The van der Waals surface area contributed by atoms with Gasteiger partial charge in [0.2, 0.25) is 0 Å². The number of hydrogen-bond acceptors (Lipinski definition) is 2. The molecule has 2 amide bonds. The van der Waals surface area contributed by atoms with Crippen LogP contribution in [0, 0.1) is 0 Å². The third kappa shape index (κ3) is 3.46. The monoisotopic (exact) mass is 233 g/mol. The first kappa shape index (κ1) is 11.9. The number of carbonyl (C=O) groups excluding carboxylic acids is 1. The van der Waals surface area contributed by atoms with Gasteiger partial charge in [0, 0.05) is 18.3 Å². The molecule has 1 aliphatic carbocycles. The molecule has 1 saturated carbocycles. The molecule has 1 aromatic rings. The molecule has 0 heterocycles. The van der Waals surface area contributed by atoms with Gasteiger partial charge in [0.05, 0.1) is 0 Å². The maximum atomic E-state index is 11.7. The van der Waals surface area contributed by atoms with Gasteiger partial charge >= 0.3 is 6.03 Å². The highest BCUT2D eigenvalue weighted by Gasteiger charge is 2.16. The van der Waals surface area contributed by atoms with E-state index in [1.54, 1.807) is 0 Å². The summed E-state index contributed by atoms with van der Waals surface area (Å²) < 4.78 is 0. The van der Waals surface area contributed by atoms with Crippen LogP contribution in [-0.4, -0.2) is 12.1 Å². The number of nitrogens with two attached hydrogens (primary N) is 1. The number of carbonyl (C=O) groups is 1. The molecule has 1 fully saturated rings. The summed E-state index contributed by atoms with van der Waals surface area (Å²) in [6, 6.07) is 7.82. The van der Waals surface area contributed by atoms with E-state index in [1.165, 1.54) is 12.8 Å². The quantitative estimate of drug-likeness (QED) is 0.749. The third-order valence-corrected chi connectivity index (χ3v) is 3.14. The van der Waals surface area contributed by atoms with Crippen LogP contribution < -0.4 is 16.4 Å². The Bertz CT molecular complexity index is 369. The summed E-state index contributed by atoms with van der Waals surface area (Å²) in [5, 5.41) is 5.81. The highest BCUT2D eigenvalue weighted by Crippen LogP contribution is 2.17. The summed E-state index contributed by atoms with van der Waals surface area (Å²) >= 11 is 0. The molecule has 4 N–H and O–H groups in total. The van der Waals surface area contributed by atoms with Crippen molar-refractivity contribution in [2.24, 2.45) is 5.73 Å². The van der Waals surface area contributed by atoms with Crippen LogP contribution in [0.5, 0.6) is 0 Å². The standard InChI is InChI=1S/C13H19N3O/c14-9-10-5-7-12(8-6-10)16-13(17)15-11-3-1-2-4-11/h5-8,11H,1-4,9,14H2,(H2,15,16,17). The molecule has 4 nitrogen and oxygen atoms in total. The van der Waals surface area contributed by atoms with Crippen LogP contribution in [0.25, 0.3) is 0 Å². The van der Waals surface area contributed by atoms with E-state index < -0.39 is 0 Å². The molecule has 1 aromatic carbocycles. The molecule has 4 heteroatoms. The van der Waals surface area contributed by atoms with Gasteiger partial charge in [-0.1, -0.05) is 25.0 Å². The van der Waals surface area contributed by atoms with Gasteiger partial charge in [-0.25, -0.2) is 4.79 Å². The first-order valence-electron chi connectivity index (χ1n) is 6.14. The molecule has 1 aliphatic rings. The average molecular weight is 233 g/mol. The molecule has 0 atom stereocenters. The molecule has 0 unspecified atom stereocenters. The van der Waals surface area contributed by atoms with Crippen molar-refractivity contribution < 1.29 is 4.79 Å². The molecular weight excluding hydrogens is 214 g/mol. The molecule has 0 aromatic heterocycles. The number of urea groups is 1. The van der Waals surface area contributed by atoms with E-state index in [2.05, 4.69) is 10.6 Å². The number of anilines is 1. The topological polar surface area (TPSA) is 67.1 Å². The predicted octanol–water partition coefficient (Wildman–Crippen LogP) is 2.21. The Kier molecular flexibility index (Phi) is 3.98. The zero-order valence-electron chi connectivity index (χ0n) is 9.91. The zero-order valence-corrected chi connectivity index (χ0v) is 9.91. The van der Waals surface area contributed by atoms with E-state index in [9.17, 15) is 4.79 Å². The van der Waals surface area contributed by atoms with Gasteiger partial charge in [0.1, 0.15) is 0 Å². The first-order chi connectivity index (χ1) is 8.28. The van der Waals surface area contributed by atoms with E-state index in [0.717, 1.165) is 24.1 Å². The van der Waals surface area contributed by atoms with Crippen molar-refractivity contribution in [3.63, 3.8) is 0 Å². The van der Waals surface area contributed by atoms with E-state index in [-0.39, 0.29) is 6.03 Å². The molecule has 0 bridgehead atoms. The van der Waals surface area contributed by atoms with E-state index in [4.69, 9.17) is 5.73 Å². The van der Waals surface area contributed by atoms with Crippen molar-refractivity contribution in [1.29, 1.82) is 0 Å². The number of rotatable bonds is 3. The second kappa shape index (κ2) is 5.68. The molecular formula is C13H19N3O. The molecule has 0 radical (unpaired) electrons. The van der Waals surface area contributed by atoms with Crippen LogP contribution in [-0.2, 0) is 6.54 Å². The third-order valence-electron chi connectivity index (χ3n) is 3.14. The normalized spacial score (nSPS) is 15.8. The lowest BCUT2D eigenvalue weighted by atomic mass is 10.2. The molecule has 0 saturated heterocycles. The van der Waals surface area contributed by atoms with E-state index >= 15 is 0 Å². The molecule has 0 spiro atoms. The van der Waals surface area contributed by atoms with Gasteiger partial charge in [-0.05, 0) is 30.5 Å². The highest BCUT2D eigenvalue weighted by atomic mass is 16.2. The molecule has 92 valence electrons. The van der Waals surface area contributed by atoms with Crippen LogP contribution in [0.3, 0.4) is 0 Å². The second-order valence-corrected chi connectivity index (χ2v) is 4.48. The fourth-order valence-corrected chi connectivity index (χ4v) is 2.15. The van der Waals surface area contributed by atoms with Gasteiger partial charge in [-0.15, -0.1) is 0 Å². The van der Waals surface area contributed by atoms with Crippen LogP contribution >= 0.6 is 0 Å². The Morgan fingerprint density at radius 2 is 1.88 bits per heavy atom. The Balaban J connectivity index is 1.84. The summed E-state index contributed by atoms with van der Waals surface area (Å²) in [6.07, 6.45) is 4.63. The largest absolute Gasteiger partial charge is 0.335 e. The van der Waals surface area contributed by atoms with Crippen molar-refractivity contribution >= 4 is 11.7 Å². The molecule has 0 aliphatic heterocycles. The van der Waals surface area contributed by atoms with Crippen LogP contribution in [0.15, 0.2) is 24.3 Å². The van der Waals surface area contributed by atoms with Gasteiger partial charge in [0.25, 0.3) is 0 Å². The first-order valence-corrected chi connectivity index (χ1v) is 6.14. The van der Waals surface area contributed by atoms with Crippen molar-refractivity contribution in [3.05, 3.63) is 29.8 Å². The summed E-state index contributed by atoms with van der Waals surface area (Å²) in [7, 11) is 0. The Morgan fingerprint density at radius 3 is 2.47 bits per heavy atom. The fourth-order valence-electron chi connectivity index (χ4n) is 2.15. The Hall–Kier alpha value is -1.55. The minimum absolute atomic E-state index is 0.114. The highest BCUT2D eigenvalue weighted by molar-refractivity contribution is 5.89. The number of amides is 2. The summed E-state index contributed by atoms with van der Waals surface area (Å²) in [4.78, 5) is 11.7. The lowest BCUT2D eigenvalue weighted by Crippen LogP contribution is -2.36. The SMILES string of the molecule is NCc1ccc(NC(=O)NC2CCCC2)cc1. The minimum atomic E-state index is -0.114. The van der Waals surface area contributed by atoms with Crippen LogP contribution in [0.4, 0.5) is 10.5 Å². The van der Waals surface area contributed by atoms with Crippen molar-refractivity contribution in [3.8, 4) is 0 Å². The Morgan fingerprint density at radius 1 is 1.24 bits per heavy atom. The van der Waals surface area contributed by atoms with Gasteiger partial charge in [-0.2, -0.15) is 0 Å². The summed E-state index contributed by atoms with van der Waals surface area (Å²) in [6.45, 7) is 0.522. The number of benzene rings is 1. The summed E-state index contributed by atoms with van der Waals surface area (Å²) in [5.41, 5.74) is 7.38. The lowest BCUT2D eigenvalue weighted by Gasteiger charge is -2.13. The maximum Gasteiger partial charge on any atom is 0.319 e. The van der Waals surface area contributed by atoms with E-state index in [0.29, 0.717) is 12.6 Å². The zero-order chi connectivity index (χ0) is 12.1. The van der Waals surface area contributed by atoms with E-state index in [1.807, 2.05) is 24.3 Å². The number of nitrogens with one attached hydrogen (secondary N) is 2. The second-order valence-electron chi connectivity index (χ2n) is 4.48. The molecule has 17 heavy (non-hydrogen) atoms. The van der Waals surface area contributed by atoms with Crippen molar-refractivity contribution in [2.45, 2.75) is 38.3 Å². The molecule has 2 rings (SSSR count). The predicted molar refractivity (Wildman–Crippen MR) is 68.7 cm³/mol. The van der Waals surface area contributed by atoms with Gasteiger partial charge in [-0.3, -0.25) is 0 Å². The maximum absolute atomic E-state index is 11.7. The van der Waals surface area contributed by atoms with Crippen LogP contribution in [0.1, 0.15) is 31.2 Å². The smallest absolute Gasteiger partial charge is 0.319 e. The van der Waals surface area contributed by atoms with Crippen molar-refractivity contribution in [1.82, 2.24) is 5.32 Å². The summed E-state index contributed by atoms with van der Waals surface area (Å²) in [5.74, 6) is 0. The lowest BCUT2D eigenvalue weighted by molar-refractivity contribution is 0.248. The van der Waals surface area contributed by atoms with Gasteiger partial charge in [0.15, 0.2) is 0 Å². The Labute approximate surface area is 102 Å². The van der Waals surface area contributed by atoms with Crippen LogP contribution in [0.2, 0.25) is 0 Å². The average Bonchev–Trinajstić information content (AvgIpc) is 2.82. The number of hydrogen-bond donors (Lipinski definition) is 3. The fraction of sp³-hybridized carbons (Fsp3) is 0.462.